The molecule has 1 aliphatic rings. The van der Waals surface area contributed by atoms with Crippen molar-refractivity contribution in [1.29, 1.82) is 0 Å². The van der Waals surface area contributed by atoms with Crippen molar-refractivity contribution in [2.75, 3.05) is 58.9 Å². The molecule has 3 rings (SSSR count). The van der Waals surface area contributed by atoms with Crippen LogP contribution in [0.1, 0.15) is 16.7 Å². The van der Waals surface area contributed by atoms with E-state index < -0.39 is 0 Å². The van der Waals surface area contributed by atoms with Gasteiger partial charge in [0.15, 0.2) is 18.0 Å². The van der Waals surface area contributed by atoms with Gasteiger partial charge in [-0.25, -0.2) is 0 Å². The van der Waals surface area contributed by atoms with Crippen LogP contribution in [0.4, 0.5) is 5.69 Å². The third kappa shape index (κ3) is 4.87. The lowest BCUT2D eigenvalue weighted by molar-refractivity contribution is -0.885. The molecule has 1 aliphatic heterocycles. The van der Waals surface area contributed by atoms with Crippen LogP contribution < -0.4 is 19.3 Å². The molecule has 1 N–H and O–H groups in total. The van der Waals surface area contributed by atoms with Crippen LogP contribution in [-0.4, -0.2) is 64.8 Å². The normalized spacial score (nSPS) is 15.1. The van der Waals surface area contributed by atoms with Gasteiger partial charge in [-0.3, -0.25) is 4.79 Å². The number of piperazine rings is 1. The average Bonchev–Trinajstić information content (AvgIpc) is 2.75. The minimum Gasteiger partial charge on any atom is -0.493 e. The molecule has 0 saturated carbocycles. The van der Waals surface area contributed by atoms with Crippen LogP contribution in [0.25, 0.3) is 0 Å². The first kappa shape index (κ1) is 22.0. The first-order chi connectivity index (χ1) is 14.4. The standard InChI is InChI=1S/C24H33N3O3/c1-18-8-6-10-21(19(18)2)26-12-14-27(15-13-26)23(28)17-25(3)16-20-9-7-11-22(29-4)24(20)30-5/h6-11H,12-17H2,1-5H3/p+1. The van der Waals surface area contributed by atoms with E-state index in [1.807, 2.05) is 30.1 Å². The summed E-state index contributed by atoms with van der Waals surface area (Å²) >= 11 is 0. The third-order valence-corrected chi connectivity index (χ3v) is 5.98. The number of nitrogens with zero attached hydrogens (tertiary/aromatic N) is 2. The van der Waals surface area contributed by atoms with E-state index in [-0.39, 0.29) is 5.91 Å². The van der Waals surface area contributed by atoms with E-state index in [9.17, 15) is 4.79 Å². The summed E-state index contributed by atoms with van der Waals surface area (Å²) in [7, 11) is 5.33. The maximum absolute atomic E-state index is 12.9. The molecule has 6 heteroatoms. The lowest BCUT2D eigenvalue weighted by Gasteiger charge is -2.37. The van der Waals surface area contributed by atoms with Crippen LogP contribution in [0.15, 0.2) is 36.4 Å². The number of anilines is 1. The van der Waals surface area contributed by atoms with Crippen molar-refractivity contribution < 1.29 is 19.2 Å². The van der Waals surface area contributed by atoms with E-state index in [1.165, 1.54) is 16.8 Å². The summed E-state index contributed by atoms with van der Waals surface area (Å²) in [4.78, 5) is 18.4. The fraction of sp³-hybridized carbons (Fsp3) is 0.458. The number of hydrogen-bond acceptors (Lipinski definition) is 4. The zero-order valence-corrected chi connectivity index (χ0v) is 18.8. The van der Waals surface area contributed by atoms with E-state index in [1.54, 1.807) is 14.2 Å². The highest BCUT2D eigenvalue weighted by molar-refractivity contribution is 5.77. The van der Waals surface area contributed by atoms with Crippen molar-refractivity contribution in [3.05, 3.63) is 53.1 Å². The zero-order chi connectivity index (χ0) is 21.7. The Morgan fingerprint density at radius 1 is 1.00 bits per heavy atom. The molecule has 2 aromatic rings. The number of rotatable bonds is 7. The van der Waals surface area contributed by atoms with Gasteiger partial charge in [-0.2, -0.15) is 0 Å². The third-order valence-electron chi connectivity index (χ3n) is 5.98. The summed E-state index contributed by atoms with van der Waals surface area (Å²) in [5.41, 5.74) is 4.97. The Labute approximate surface area is 180 Å². The van der Waals surface area contributed by atoms with Gasteiger partial charge in [0.1, 0.15) is 6.54 Å². The molecule has 30 heavy (non-hydrogen) atoms. The molecule has 0 radical (unpaired) electrons. The molecule has 1 heterocycles. The average molecular weight is 413 g/mol. The Kier molecular flexibility index (Phi) is 7.21. The molecule has 1 unspecified atom stereocenters. The Bertz CT molecular complexity index is 876. The molecule has 0 spiro atoms. The molecular weight excluding hydrogens is 378 g/mol. The molecule has 1 saturated heterocycles. The zero-order valence-electron chi connectivity index (χ0n) is 18.8. The number of para-hydroxylation sites is 1. The number of amides is 1. The summed E-state index contributed by atoms with van der Waals surface area (Å²) in [6, 6.07) is 12.3. The monoisotopic (exact) mass is 412 g/mol. The number of carbonyl (C=O) groups excluding carboxylic acids is 1. The quantitative estimate of drug-likeness (QED) is 0.752. The summed E-state index contributed by atoms with van der Waals surface area (Å²) in [5, 5.41) is 0. The fourth-order valence-corrected chi connectivity index (χ4v) is 4.13. The number of likely N-dealkylation sites (N-methyl/N-ethyl adjacent to an activating group) is 1. The van der Waals surface area contributed by atoms with Crippen LogP contribution in [0.3, 0.4) is 0 Å². The van der Waals surface area contributed by atoms with Crippen LogP contribution in [0.2, 0.25) is 0 Å². The SMILES string of the molecule is COc1cccc(C[NH+](C)CC(=O)N2CCN(c3cccc(C)c3C)CC2)c1OC. The van der Waals surface area contributed by atoms with Gasteiger partial charge in [0.25, 0.3) is 5.91 Å². The number of carbonyl (C=O) groups is 1. The van der Waals surface area contributed by atoms with Crippen LogP contribution >= 0.6 is 0 Å². The molecule has 162 valence electrons. The van der Waals surface area contributed by atoms with Gasteiger partial charge in [0.05, 0.1) is 26.8 Å². The van der Waals surface area contributed by atoms with Crippen molar-refractivity contribution >= 4 is 11.6 Å². The molecule has 2 aromatic carbocycles. The predicted octanol–water partition coefficient (Wildman–Crippen LogP) is 1.68. The van der Waals surface area contributed by atoms with E-state index in [4.69, 9.17) is 9.47 Å². The van der Waals surface area contributed by atoms with E-state index in [0.29, 0.717) is 13.1 Å². The highest BCUT2D eigenvalue weighted by Gasteiger charge is 2.25. The fourth-order valence-electron chi connectivity index (χ4n) is 4.13. The van der Waals surface area contributed by atoms with Crippen LogP contribution in [0, 0.1) is 13.8 Å². The number of ether oxygens (including phenoxy) is 2. The first-order valence-corrected chi connectivity index (χ1v) is 10.5. The van der Waals surface area contributed by atoms with Gasteiger partial charge in [-0.1, -0.05) is 18.2 Å². The number of hydrogen-bond donors (Lipinski definition) is 1. The number of quaternary nitrogens is 1. The van der Waals surface area contributed by atoms with Crippen molar-refractivity contribution in [1.82, 2.24) is 4.90 Å². The van der Waals surface area contributed by atoms with Gasteiger partial charge < -0.3 is 24.2 Å². The first-order valence-electron chi connectivity index (χ1n) is 10.5. The number of nitrogens with one attached hydrogen (secondary N) is 1. The maximum atomic E-state index is 12.9. The van der Waals surface area contributed by atoms with Crippen molar-refractivity contribution in [2.24, 2.45) is 0 Å². The minimum absolute atomic E-state index is 0.204. The number of benzene rings is 2. The Hall–Kier alpha value is -2.73. The second kappa shape index (κ2) is 9.85. The molecule has 0 aromatic heterocycles. The number of aryl methyl sites for hydroxylation is 1. The van der Waals surface area contributed by atoms with Crippen molar-refractivity contribution in [3.63, 3.8) is 0 Å². The largest absolute Gasteiger partial charge is 0.493 e. The van der Waals surface area contributed by atoms with Crippen LogP contribution in [0.5, 0.6) is 11.5 Å². The van der Waals surface area contributed by atoms with Crippen molar-refractivity contribution in [2.45, 2.75) is 20.4 Å². The smallest absolute Gasteiger partial charge is 0.277 e. The van der Waals surface area contributed by atoms with Crippen molar-refractivity contribution in [3.8, 4) is 11.5 Å². The van der Waals surface area contributed by atoms with Gasteiger partial charge in [0.2, 0.25) is 0 Å². The summed E-state index contributed by atoms with van der Waals surface area (Å²) in [6.07, 6.45) is 0. The summed E-state index contributed by atoms with van der Waals surface area (Å²) in [5.74, 6) is 1.67. The molecule has 1 amide bonds. The molecule has 0 bridgehead atoms. The Morgan fingerprint density at radius 3 is 2.37 bits per heavy atom. The van der Waals surface area contributed by atoms with E-state index in [2.05, 4.69) is 36.9 Å². The molecular formula is C24H34N3O3+. The van der Waals surface area contributed by atoms with Gasteiger partial charge in [0, 0.05) is 31.9 Å². The summed E-state index contributed by atoms with van der Waals surface area (Å²) < 4.78 is 10.9. The molecule has 0 aliphatic carbocycles. The van der Waals surface area contributed by atoms with Gasteiger partial charge in [-0.05, 0) is 43.2 Å². The lowest BCUT2D eigenvalue weighted by Crippen LogP contribution is -3.09. The van der Waals surface area contributed by atoms with Gasteiger partial charge >= 0.3 is 0 Å². The molecule has 1 fully saturated rings. The summed E-state index contributed by atoms with van der Waals surface area (Å²) in [6.45, 7) is 8.77. The van der Waals surface area contributed by atoms with Crippen LogP contribution in [-0.2, 0) is 11.3 Å². The van der Waals surface area contributed by atoms with E-state index in [0.717, 1.165) is 48.1 Å². The van der Waals surface area contributed by atoms with E-state index >= 15 is 0 Å². The predicted molar refractivity (Wildman–Crippen MR) is 120 cm³/mol. The lowest BCUT2D eigenvalue weighted by atomic mass is 10.1. The second-order valence-corrected chi connectivity index (χ2v) is 8.05. The Balaban J connectivity index is 1.55. The van der Waals surface area contributed by atoms with Gasteiger partial charge in [-0.15, -0.1) is 0 Å². The highest BCUT2D eigenvalue weighted by Crippen LogP contribution is 2.30. The minimum atomic E-state index is 0.204. The second-order valence-electron chi connectivity index (χ2n) is 8.05. The maximum Gasteiger partial charge on any atom is 0.277 e. The Morgan fingerprint density at radius 2 is 1.70 bits per heavy atom. The molecule has 1 atom stereocenters. The highest BCUT2D eigenvalue weighted by atomic mass is 16.5. The number of methoxy groups -OCH3 is 2. The molecule has 6 nitrogen and oxygen atoms in total. The topological polar surface area (TPSA) is 46.5 Å².